The van der Waals surface area contributed by atoms with E-state index in [1.54, 1.807) is 0 Å². The van der Waals surface area contributed by atoms with E-state index in [0.717, 1.165) is 80.3 Å². The van der Waals surface area contributed by atoms with Crippen molar-refractivity contribution in [2.75, 3.05) is 24.7 Å². The fourth-order valence-corrected chi connectivity index (χ4v) is 7.80. The van der Waals surface area contributed by atoms with E-state index in [1.807, 2.05) is 12.1 Å². The number of carbonyl (C=O) groups is 1. The number of benzene rings is 1. The van der Waals surface area contributed by atoms with Gasteiger partial charge in [-0.3, -0.25) is 4.79 Å². The van der Waals surface area contributed by atoms with Gasteiger partial charge in [-0.2, -0.15) is 9.97 Å². The number of anilines is 1. The molecule has 42 heavy (non-hydrogen) atoms. The number of hydrogen-bond donors (Lipinski definition) is 0. The van der Waals surface area contributed by atoms with Gasteiger partial charge in [0.15, 0.2) is 11.6 Å². The first-order chi connectivity index (χ1) is 20.6. The molecule has 8 rings (SSSR count). The largest absolute Gasteiger partial charge is 0.381 e. The topological polar surface area (TPSA) is 107 Å². The Morgan fingerprint density at radius 2 is 1.83 bits per heavy atom. The molecule has 5 fully saturated rings. The summed E-state index contributed by atoms with van der Waals surface area (Å²) in [5.41, 5.74) is 1.80. The summed E-state index contributed by atoms with van der Waals surface area (Å²) < 4.78 is 17.2. The van der Waals surface area contributed by atoms with Crippen LogP contribution >= 0.6 is 0 Å². The van der Waals surface area contributed by atoms with Crippen LogP contribution < -0.4 is 4.90 Å². The predicted molar refractivity (Wildman–Crippen MR) is 155 cm³/mol. The van der Waals surface area contributed by atoms with Gasteiger partial charge in [-0.1, -0.05) is 29.2 Å². The average molecular weight is 572 g/mol. The van der Waals surface area contributed by atoms with E-state index in [4.69, 9.17) is 18.8 Å². The van der Waals surface area contributed by atoms with Gasteiger partial charge in [0.2, 0.25) is 11.8 Å². The van der Waals surface area contributed by atoms with Crippen LogP contribution in [0.1, 0.15) is 101 Å². The van der Waals surface area contributed by atoms with E-state index in [0.29, 0.717) is 42.8 Å². The molecule has 9 nitrogen and oxygen atoms in total. The van der Waals surface area contributed by atoms with Crippen molar-refractivity contribution < 1.29 is 18.6 Å². The van der Waals surface area contributed by atoms with Crippen LogP contribution in [0.5, 0.6) is 0 Å². The molecule has 0 radical (unpaired) electrons. The first-order valence-corrected chi connectivity index (χ1v) is 16.3. The van der Waals surface area contributed by atoms with Crippen molar-refractivity contribution in [3.05, 3.63) is 41.8 Å². The summed E-state index contributed by atoms with van der Waals surface area (Å²) in [7, 11) is 0. The van der Waals surface area contributed by atoms with Crippen LogP contribution in [-0.4, -0.2) is 45.9 Å². The van der Waals surface area contributed by atoms with Crippen LogP contribution in [0.15, 0.2) is 33.3 Å². The lowest BCUT2D eigenvalue weighted by Gasteiger charge is -2.48. The number of fused-ring (bicyclic) bond motifs is 2. The number of carbonyl (C=O) groups excluding carboxylic acids is 1. The maximum absolute atomic E-state index is 14.2. The highest BCUT2D eigenvalue weighted by Gasteiger charge is 2.49. The average Bonchev–Trinajstić information content (AvgIpc) is 3.95. The van der Waals surface area contributed by atoms with Crippen LogP contribution in [0.2, 0.25) is 0 Å². The zero-order valence-electron chi connectivity index (χ0n) is 24.4. The van der Waals surface area contributed by atoms with E-state index >= 15 is 0 Å². The Bertz CT molecular complexity index is 1420. The Labute approximate surface area is 246 Å². The molecule has 1 aromatic carbocycles. The maximum Gasteiger partial charge on any atom is 0.257 e. The third kappa shape index (κ3) is 5.29. The predicted octanol–water partition coefficient (Wildman–Crippen LogP) is 6.25. The molecule has 2 bridgehead atoms. The Hall–Kier alpha value is -3.07. The van der Waals surface area contributed by atoms with Gasteiger partial charge in [0.25, 0.3) is 5.89 Å². The highest BCUT2D eigenvalue weighted by molar-refractivity contribution is 5.95. The molecule has 3 aromatic rings. The number of rotatable bonds is 9. The van der Waals surface area contributed by atoms with Crippen molar-refractivity contribution in [3.8, 4) is 11.5 Å². The SMILES string of the molecule is O=C(C1CCOCC1)N(CC1CCC2(c3nc(C4CC4)no3)CCCC1C2)c1cccc(-c2nc(CC3CC3)no2)c1. The Kier molecular flexibility index (Phi) is 6.88. The summed E-state index contributed by atoms with van der Waals surface area (Å²) in [5, 5.41) is 8.59. The fraction of sp³-hybridized carbons (Fsp3) is 0.667. The van der Waals surface area contributed by atoms with Crippen molar-refractivity contribution in [2.45, 2.75) is 94.8 Å². The molecule has 1 saturated heterocycles. The lowest BCUT2D eigenvalue weighted by molar-refractivity contribution is -0.125. The number of hydrogen-bond acceptors (Lipinski definition) is 8. The number of ether oxygens (including phenoxy) is 1. The van der Waals surface area contributed by atoms with E-state index < -0.39 is 0 Å². The molecule has 1 amide bonds. The van der Waals surface area contributed by atoms with Gasteiger partial charge in [0.1, 0.15) is 0 Å². The third-order valence-corrected chi connectivity index (χ3v) is 10.7. The molecule has 2 aromatic heterocycles. The number of aromatic nitrogens is 4. The highest BCUT2D eigenvalue weighted by atomic mass is 16.5. The molecule has 3 heterocycles. The second-order valence-electron chi connectivity index (χ2n) is 13.7. The fourth-order valence-electron chi connectivity index (χ4n) is 7.80. The molecule has 1 aliphatic heterocycles. The van der Waals surface area contributed by atoms with Crippen molar-refractivity contribution in [1.29, 1.82) is 0 Å². The second-order valence-corrected chi connectivity index (χ2v) is 13.7. The Morgan fingerprint density at radius 3 is 2.67 bits per heavy atom. The van der Waals surface area contributed by atoms with Crippen molar-refractivity contribution >= 4 is 11.6 Å². The summed E-state index contributed by atoms with van der Waals surface area (Å²) in [5.74, 6) is 5.48. The summed E-state index contributed by atoms with van der Waals surface area (Å²) in [6, 6.07) is 8.15. The first kappa shape index (κ1) is 26.5. The molecule has 0 N–H and O–H groups in total. The zero-order valence-corrected chi connectivity index (χ0v) is 24.4. The van der Waals surface area contributed by atoms with Crippen LogP contribution in [-0.2, 0) is 21.4 Å². The summed E-state index contributed by atoms with van der Waals surface area (Å²) >= 11 is 0. The maximum atomic E-state index is 14.2. The second kappa shape index (κ2) is 10.9. The molecular weight excluding hydrogens is 530 g/mol. The minimum atomic E-state index is -0.00997. The Morgan fingerprint density at radius 1 is 0.952 bits per heavy atom. The van der Waals surface area contributed by atoms with Crippen LogP contribution in [0.25, 0.3) is 11.5 Å². The van der Waals surface area contributed by atoms with E-state index in [9.17, 15) is 4.79 Å². The molecule has 5 aliphatic rings. The molecule has 4 saturated carbocycles. The van der Waals surface area contributed by atoms with Crippen molar-refractivity contribution in [1.82, 2.24) is 20.3 Å². The van der Waals surface area contributed by atoms with Crippen LogP contribution in [0.4, 0.5) is 5.69 Å². The molecule has 4 aliphatic carbocycles. The standard InChI is InChI=1S/C33H41N5O4/c39-31(23-11-15-40-16-12-23)38(27-5-1-3-24(18-27)30-34-28(36-41-30)17-21-6-7-21)20-26-10-14-33(13-2-4-25(26)19-33)32-35-29(37-42-32)22-8-9-22/h1,3,5,18,21-23,25-26H,2,4,6-17,19-20H2. The molecule has 222 valence electrons. The zero-order chi connectivity index (χ0) is 28.1. The normalized spacial score (nSPS) is 28.1. The summed E-state index contributed by atoms with van der Waals surface area (Å²) in [4.78, 5) is 25.8. The van der Waals surface area contributed by atoms with Gasteiger partial charge < -0.3 is 18.7 Å². The molecule has 3 atom stereocenters. The monoisotopic (exact) mass is 571 g/mol. The van der Waals surface area contributed by atoms with Crippen molar-refractivity contribution in [2.24, 2.45) is 23.7 Å². The van der Waals surface area contributed by atoms with Crippen LogP contribution in [0.3, 0.4) is 0 Å². The van der Waals surface area contributed by atoms with E-state index in [1.165, 1.54) is 38.5 Å². The number of nitrogens with zero attached hydrogens (tertiary/aromatic N) is 5. The molecule has 0 spiro atoms. The first-order valence-electron chi connectivity index (χ1n) is 16.3. The summed E-state index contributed by atoms with van der Waals surface area (Å²) in [6.45, 7) is 2.03. The smallest absolute Gasteiger partial charge is 0.257 e. The van der Waals surface area contributed by atoms with Gasteiger partial charge >= 0.3 is 0 Å². The van der Waals surface area contributed by atoms with E-state index in [-0.39, 0.29) is 17.2 Å². The lowest BCUT2D eigenvalue weighted by atomic mass is 9.58. The summed E-state index contributed by atoms with van der Waals surface area (Å²) in [6.07, 6.45) is 14.0. The van der Waals surface area contributed by atoms with Gasteiger partial charge in [-0.05, 0) is 100 Å². The molecule has 9 heteroatoms. The third-order valence-electron chi connectivity index (χ3n) is 10.7. The van der Waals surface area contributed by atoms with Crippen LogP contribution in [0, 0.1) is 23.7 Å². The minimum absolute atomic E-state index is 0.00511. The molecular formula is C33H41N5O4. The number of amides is 1. The van der Waals surface area contributed by atoms with E-state index in [2.05, 4.69) is 32.3 Å². The van der Waals surface area contributed by atoms with Gasteiger partial charge in [-0.25, -0.2) is 0 Å². The lowest BCUT2D eigenvalue weighted by Crippen LogP contribution is -2.47. The quantitative estimate of drug-likeness (QED) is 0.297. The molecule has 3 unspecified atom stereocenters. The van der Waals surface area contributed by atoms with Gasteiger partial charge in [0.05, 0.1) is 0 Å². The van der Waals surface area contributed by atoms with Gasteiger partial charge in [-0.15, -0.1) is 0 Å². The Balaban J connectivity index is 1.04. The van der Waals surface area contributed by atoms with Gasteiger partial charge in [0, 0.05) is 54.7 Å². The minimum Gasteiger partial charge on any atom is -0.381 e. The van der Waals surface area contributed by atoms with Crippen molar-refractivity contribution in [3.63, 3.8) is 0 Å². The highest BCUT2D eigenvalue weighted by Crippen LogP contribution is 2.53.